The molecule has 3 heteroatoms. The molecule has 1 fully saturated rings. The van der Waals surface area contributed by atoms with Crippen molar-refractivity contribution in [2.75, 3.05) is 5.73 Å². The standard InChI is InChI=1S/C17H26N2O/c1-4-12(2)13(3)19(16-9-10-16)17(20)11-14-5-7-15(18)8-6-14/h5-8,12-13,16H,4,9-11,18H2,1-3H3. The number of carbonyl (C=O) groups excluding carboxylic acids is 1. The monoisotopic (exact) mass is 274 g/mol. The third-order valence-electron chi connectivity index (χ3n) is 4.47. The van der Waals surface area contributed by atoms with E-state index < -0.39 is 0 Å². The SMILES string of the molecule is CCC(C)C(C)N(C(=O)Cc1ccc(N)cc1)C1CC1. The Morgan fingerprint density at radius 2 is 1.90 bits per heavy atom. The van der Waals surface area contributed by atoms with Crippen LogP contribution < -0.4 is 5.73 Å². The van der Waals surface area contributed by atoms with E-state index in [1.54, 1.807) is 0 Å². The van der Waals surface area contributed by atoms with Crippen molar-refractivity contribution in [3.8, 4) is 0 Å². The highest BCUT2D eigenvalue weighted by Gasteiger charge is 2.36. The number of nitrogens with two attached hydrogens (primary N) is 1. The first-order valence-electron chi connectivity index (χ1n) is 7.68. The molecule has 2 rings (SSSR count). The summed E-state index contributed by atoms with van der Waals surface area (Å²) in [5, 5.41) is 0. The Labute approximate surface area is 122 Å². The molecule has 0 aromatic heterocycles. The lowest BCUT2D eigenvalue weighted by atomic mass is 9.98. The molecule has 1 aromatic carbocycles. The van der Waals surface area contributed by atoms with Gasteiger partial charge in [-0.05, 0) is 43.4 Å². The molecule has 3 nitrogen and oxygen atoms in total. The van der Waals surface area contributed by atoms with Gasteiger partial charge in [-0.3, -0.25) is 4.79 Å². The van der Waals surface area contributed by atoms with E-state index in [0.29, 0.717) is 24.4 Å². The minimum atomic E-state index is 0.255. The van der Waals surface area contributed by atoms with Crippen molar-refractivity contribution in [1.82, 2.24) is 4.90 Å². The molecule has 1 amide bonds. The summed E-state index contributed by atoms with van der Waals surface area (Å²) in [7, 11) is 0. The quantitative estimate of drug-likeness (QED) is 0.809. The number of hydrogen-bond donors (Lipinski definition) is 1. The molecule has 0 aliphatic heterocycles. The first-order valence-corrected chi connectivity index (χ1v) is 7.68. The van der Waals surface area contributed by atoms with Gasteiger partial charge in [-0.2, -0.15) is 0 Å². The fourth-order valence-corrected chi connectivity index (χ4v) is 2.63. The summed E-state index contributed by atoms with van der Waals surface area (Å²) in [6.45, 7) is 6.61. The van der Waals surface area contributed by atoms with Crippen molar-refractivity contribution < 1.29 is 4.79 Å². The third-order valence-corrected chi connectivity index (χ3v) is 4.47. The van der Waals surface area contributed by atoms with Gasteiger partial charge in [-0.25, -0.2) is 0 Å². The average molecular weight is 274 g/mol. The number of carbonyl (C=O) groups is 1. The Morgan fingerprint density at radius 3 is 2.40 bits per heavy atom. The van der Waals surface area contributed by atoms with Crippen LogP contribution in [-0.4, -0.2) is 22.9 Å². The van der Waals surface area contributed by atoms with Crippen LogP contribution in [0, 0.1) is 5.92 Å². The highest BCUT2D eigenvalue weighted by atomic mass is 16.2. The van der Waals surface area contributed by atoms with E-state index in [9.17, 15) is 4.79 Å². The molecular weight excluding hydrogens is 248 g/mol. The van der Waals surface area contributed by atoms with E-state index in [-0.39, 0.29) is 5.91 Å². The van der Waals surface area contributed by atoms with Gasteiger partial charge < -0.3 is 10.6 Å². The Morgan fingerprint density at radius 1 is 1.30 bits per heavy atom. The van der Waals surface area contributed by atoms with Gasteiger partial charge in [-0.15, -0.1) is 0 Å². The highest BCUT2D eigenvalue weighted by Crippen LogP contribution is 2.32. The van der Waals surface area contributed by atoms with Gasteiger partial charge in [0.25, 0.3) is 0 Å². The maximum Gasteiger partial charge on any atom is 0.227 e. The van der Waals surface area contributed by atoms with Gasteiger partial charge in [0.15, 0.2) is 0 Å². The summed E-state index contributed by atoms with van der Waals surface area (Å²) >= 11 is 0. The van der Waals surface area contributed by atoms with Crippen molar-refractivity contribution in [2.24, 2.45) is 5.92 Å². The lowest BCUT2D eigenvalue weighted by Crippen LogP contribution is -2.44. The fourth-order valence-electron chi connectivity index (χ4n) is 2.63. The molecule has 0 spiro atoms. The molecule has 2 atom stereocenters. The summed E-state index contributed by atoms with van der Waals surface area (Å²) in [5.41, 5.74) is 7.48. The Bertz CT molecular complexity index is 451. The molecule has 1 aliphatic rings. The number of amides is 1. The van der Waals surface area contributed by atoms with Gasteiger partial charge in [-0.1, -0.05) is 32.4 Å². The van der Waals surface area contributed by atoms with Crippen molar-refractivity contribution >= 4 is 11.6 Å². The van der Waals surface area contributed by atoms with Gasteiger partial charge in [0.1, 0.15) is 0 Å². The van der Waals surface area contributed by atoms with Crippen LogP contribution in [0.5, 0.6) is 0 Å². The number of hydrogen-bond acceptors (Lipinski definition) is 2. The molecular formula is C17H26N2O. The maximum absolute atomic E-state index is 12.6. The van der Waals surface area contributed by atoms with Crippen LogP contribution in [0.15, 0.2) is 24.3 Å². The molecule has 0 bridgehead atoms. The average Bonchev–Trinajstić information content (AvgIpc) is 3.25. The van der Waals surface area contributed by atoms with Crippen LogP contribution in [-0.2, 0) is 11.2 Å². The number of benzene rings is 1. The summed E-state index contributed by atoms with van der Waals surface area (Å²) in [4.78, 5) is 14.8. The van der Waals surface area contributed by atoms with Gasteiger partial charge in [0, 0.05) is 17.8 Å². The summed E-state index contributed by atoms with van der Waals surface area (Å²) in [6, 6.07) is 8.43. The molecule has 2 unspecified atom stereocenters. The maximum atomic E-state index is 12.6. The zero-order chi connectivity index (χ0) is 14.7. The second-order valence-corrected chi connectivity index (χ2v) is 6.08. The van der Waals surface area contributed by atoms with E-state index in [1.165, 1.54) is 0 Å². The number of anilines is 1. The van der Waals surface area contributed by atoms with Crippen molar-refractivity contribution in [2.45, 2.75) is 58.5 Å². The van der Waals surface area contributed by atoms with Crippen molar-refractivity contribution in [3.05, 3.63) is 29.8 Å². The molecule has 20 heavy (non-hydrogen) atoms. The zero-order valence-electron chi connectivity index (χ0n) is 12.8. The van der Waals surface area contributed by atoms with Crippen LogP contribution in [0.2, 0.25) is 0 Å². The molecule has 1 saturated carbocycles. The minimum Gasteiger partial charge on any atom is -0.399 e. The van der Waals surface area contributed by atoms with Crippen LogP contribution >= 0.6 is 0 Å². The normalized spacial score (nSPS) is 17.6. The van der Waals surface area contributed by atoms with Crippen LogP contribution in [0.25, 0.3) is 0 Å². The smallest absolute Gasteiger partial charge is 0.227 e. The summed E-state index contributed by atoms with van der Waals surface area (Å²) in [5.74, 6) is 0.802. The predicted molar refractivity (Wildman–Crippen MR) is 83.3 cm³/mol. The van der Waals surface area contributed by atoms with Crippen LogP contribution in [0.3, 0.4) is 0 Å². The van der Waals surface area contributed by atoms with Gasteiger partial charge in [0.2, 0.25) is 5.91 Å². The lowest BCUT2D eigenvalue weighted by molar-refractivity contribution is -0.134. The first-order chi connectivity index (χ1) is 9.52. The zero-order valence-corrected chi connectivity index (χ0v) is 12.8. The Hall–Kier alpha value is -1.51. The molecule has 1 aliphatic carbocycles. The third kappa shape index (κ3) is 3.53. The highest BCUT2D eigenvalue weighted by molar-refractivity contribution is 5.80. The van der Waals surface area contributed by atoms with Crippen molar-refractivity contribution in [3.63, 3.8) is 0 Å². The molecule has 2 N–H and O–H groups in total. The number of nitrogen functional groups attached to an aromatic ring is 1. The topological polar surface area (TPSA) is 46.3 Å². The van der Waals surface area contributed by atoms with E-state index in [2.05, 4.69) is 25.7 Å². The predicted octanol–water partition coefficient (Wildman–Crippen LogP) is 3.24. The second-order valence-electron chi connectivity index (χ2n) is 6.08. The number of nitrogens with zero attached hydrogens (tertiary/aromatic N) is 1. The van der Waals surface area contributed by atoms with E-state index in [4.69, 9.17) is 5.73 Å². The van der Waals surface area contributed by atoms with E-state index in [1.807, 2.05) is 24.3 Å². The molecule has 110 valence electrons. The second kappa shape index (κ2) is 6.29. The van der Waals surface area contributed by atoms with E-state index in [0.717, 1.165) is 30.5 Å². The fraction of sp³-hybridized carbons (Fsp3) is 0.588. The van der Waals surface area contributed by atoms with Gasteiger partial charge >= 0.3 is 0 Å². The minimum absolute atomic E-state index is 0.255. The summed E-state index contributed by atoms with van der Waals surface area (Å²) < 4.78 is 0. The first kappa shape index (κ1) is 14.9. The molecule has 0 radical (unpaired) electrons. The molecule has 1 aromatic rings. The van der Waals surface area contributed by atoms with Gasteiger partial charge in [0.05, 0.1) is 6.42 Å². The van der Waals surface area contributed by atoms with Crippen molar-refractivity contribution in [1.29, 1.82) is 0 Å². The largest absolute Gasteiger partial charge is 0.399 e. The van der Waals surface area contributed by atoms with E-state index >= 15 is 0 Å². The number of rotatable bonds is 6. The summed E-state index contributed by atoms with van der Waals surface area (Å²) in [6.07, 6.45) is 3.92. The molecule has 0 heterocycles. The molecule has 0 saturated heterocycles. The van der Waals surface area contributed by atoms with Crippen LogP contribution in [0.1, 0.15) is 45.6 Å². The lowest BCUT2D eigenvalue weighted by Gasteiger charge is -2.33. The van der Waals surface area contributed by atoms with Crippen LogP contribution in [0.4, 0.5) is 5.69 Å². The Balaban J connectivity index is 2.05. The Kier molecular flexibility index (Phi) is 4.69.